The minimum atomic E-state index is -0.662. The third-order valence-corrected chi connectivity index (χ3v) is 3.50. The molecule has 0 bridgehead atoms. The summed E-state index contributed by atoms with van der Waals surface area (Å²) < 4.78 is 5.59. The number of rotatable bonds is 6. The van der Waals surface area contributed by atoms with E-state index >= 15 is 0 Å². The molecular weight excluding hydrogens is 304 g/mol. The molecule has 2 amide bonds. The fraction of sp³-hybridized carbons (Fsp3) is 0.263. The number of carbonyl (C=O) groups is 2. The summed E-state index contributed by atoms with van der Waals surface area (Å²) in [5.74, 6) is 0.121. The number of benzene rings is 2. The molecule has 126 valence electrons. The molecule has 0 saturated heterocycles. The smallest absolute Gasteiger partial charge is 0.263 e. The molecule has 1 atom stereocenters. The Hall–Kier alpha value is -2.82. The number of likely N-dealkylation sites (N-methyl/N-ethyl adjacent to an activating group) is 1. The number of hydrogen-bond donors (Lipinski definition) is 1. The Morgan fingerprint density at radius 2 is 1.71 bits per heavy atom. The summed E-state index contributed by atoms with van der Waals surface area (Å²) in [6.07, 6.45) is -0.662. The van der Waals surface area contributed by atoms with Crippen LogP contribution in [-0.4, -0.2) is 36.4 Å². The summed E-state index contributed by atoms with van der Waals surface area (Å²) in [6, 6.07) is 16.6. The van der Waals surface area contributed by atoms with E-state index < -0.39 is 6.10 Å². The molecule has 0 aliphatic heterocycles. The highest BCUT2D eigenvalue weighted by Crippen LogP contribution is 2.12. The minimum Gasteiger partial charge on any atom is -0.481 e. The molecule has 5 heteroatoms. The van der Waals surface area contributed by atoms with Crippen molar-refractivity contribution in [3.8, 4) is 5.75 Å². The number of carbonyl (C=O) groups excluding carboxylic acids is 2. The molecule has 1 unspecified atom stereocenters. The third-order valence-electron chi connectivity index (χ3n) is 3.50. The topological polar surface area (TPSA) is 58.6 Å². The van der Waals surface area contributed by atoms with E-state index in [0.717, 1.165) is 5.56 Å². The van der Waals surface area contributed by atoms with Gasteiger partial charge in [-0.15, -0.1) is 0 Å². The highest BCUT2D eigenvalue weighted by molar-refractivity contribution is 5.95. The van der Waals surface area contributed by atoms with Crippen LogP contribution in [0.2, 0.25) is 0 Å². The van der Waals surface area contributed by atoms with Crippen molar-refractivity contribution in [1.82, 2.24) is 4.90 Å². The zero-order valence-electron chi connectivity index (χ0n) is 14.2. The van der Waals surface area contributed by atoms with Crippen LogP contribution in [0.1, 0.15) is 12.5 Å². The molecule has 2 rings (SSSR count). The van der Waals surface area contributed by atoms with Crippen molar-refractivity contribution in [2.24, 2.45) is 0 Å². The summed E-state index contributed by atoms with van der Waals surface area (Å²) in [5, 5.41) is 2.77. The molecule has 0 spiro atoms. The van der Waals surface area contributed by atoms with Crippen molar-refractivity contribution >= 4 is 17.5 Å². The maximum absolute atomic E-state index is 12.3. The van der Waals surface area contributed by atoms with E-state index in [1.54, 1.807) is 26.1 Å². The third kappa shape index (κ3) is 5.12. The second kappa shape index (κ2) is 8.15. The van der Waals surface area contributed by atoms with E-state index in [-0.39, 0.29) is 18.4 Å². The van der Waals surface area contributed by atoms with E-state index in [1.165, 1.54) is 4.90 Å². The van der Waals surface area contributed by atoms with Gasteiger partial charge >= 0.3 is 0 Å². The van der Waals surface area contributed by atoms with Crippen LogP contribution in [0.3, 0.4) is 0 Å². The normalized spacial score (nSPS) is 11.5. The molecule has 0 aliphatic carbocycles. The van der Waals surface area contributed by atoms with Gasteiger partial charge in [0.25, 0.3) is 5.91 Å². The lowest BCUT2D eigenvalue weighted by Crippen LogP contribution is -2.41. The van der Waals surface area contributed by atoms with Crippen molar-refractivity contribution in [1.29, 1.82) is 0 Å². The lowest BCUT2D eigenvalue weighted by Gasteiger charge is -2.21. The van der Waals surface area contributed by atoms with Gasteiger partial charge in [0, 0.05) is 12.7 Å². The van der Waals surface area contributed by atoms with E-state index in [9.17, 15) is 9.59 Å². The molecule has 2 aromatic rings. The van der Waals surface area contributed by atoms with Gasteiger partial charge in [0.1, 0.15) is 5.75 Å². The Kier molecular flexibility index (Phi) is 5.95. The average molecular weight is 326 g/mol. The summed E-state index contributed by atoms with van der Waals surface area (Å²) in [6.45, 7) is 3.62. The van der Waals surface area contributed by atoms with Gasteiger partial charge in [-0.2, -0.15) is 0 Å². The maximum atomic E-state index is 12.3. The van der Waals surface area contributed by atoms with Gasteiger partial charge < -0.3 is 15.0 Å². The van der Waals surface area contributed by atoms with Crippen LogP contribution >= 0.6 is 0 Å². The second-order valence-electron chi connectivity index (χ2n) is 5.68. The lowest BCUT2D eigenvalue weighted by atomic mass is 10.2. The van der Waals surface area contributed by atoms with Crippen LogP contribution < -0.4 is 10.1 Å². The first kappa shape index (κ1) is 17.5. The highest BCUT2D eigenvalue weighted by atomic mass is 16.5. The summed E-state index contributed by atoms with van der Waals surface area (Å²) in [4.78, 5) is 25.7. The van der Waals surface area contributed by atoms with Crippen molar-refractivity contribution in [2.45, 2.75) is 20.0 Å². The van der Waals surface area contributed by atoms with Gasteiger partial charge in [-0.05, 0) is 38.1 Å². The largest absolute Gasteiger partial charge is 0.481 e. The number of amides is 2. The van der Waals surface area contributed by atoms with Gasteiger partial charge in [0.2, 0.25) is 5.91 Å². The molecule has 24 heavy (non-hydrogen) atoms. The van der Waals surface area contributed by atoms with Crippen LogP contribution in [0.25, 0.3) is 0 Å². The first-order chi connectivity index (χ1) is 11.5. The Bertz CT molecular complexity index is 684. The van der Waals surface area contributed by atoms with Gasteiger partial charge in [0.15, 0.2) is 6.10 Å². The number of nitrogens with one attached hydrogen (secondary N) is 1. The van der Waals surface area contributed by atoms with Gasteiger partial charge in [-0.25, -0.2) is 0 Å². The fourth-order valence-electron chi connectivity index (χ4n) is 2.19. The van der Waals surface area contributed by atoms with Gasteiger partial charge in [-0.3, -0.25) is 9.59 Å². The minimum absolute atomic E-state index is 0.0325. The molecule has 0 aliphatic rings. The summed E-state index contributed by atoms with van der Waals surface area (Å²) in [5.41, 5.74) is 1.83. The quantitative estimate of drug-likeness (QED) is 0.888. The zero-order chi connectivity index (χ0) is 17.5. The monoisotopic (exact) mass is 326 g/mol. The van der Waals surface area contributed by atoms with Crippen LogP contribution in [-0.2, 0) is 9.59 Å². The zero-order valence-corrected chi connectivity index (χ0v) is 14.2. The van der Waals surface area contributed by atoms with Crippen LogP contribution in [0.4, 0.5) is 5.69 Å². The number of anilines is 1. The maximum Gasteiger partial charge on any atom is 0.263 e. The lowest BCUT2D eigenvalue weighted by molar-refractivity contribution is -0.139. The molecule has 0 aromatic heterocycles. The Morgan fingerprint density at radius 1 is 1.08 bits per heavy atom. The van der Waals surface area contributed by atoms with E-state index in [0.29, 0.717) is 11.4 Å². The standard InChI is InChI=1S/C19H22N2O3/c1-14-9-11-16(12-10-14)20-18(22)13-21(3)19(23)15(2)24-17-7-5-4-6-8-17/h4-12,15H,13H2,1-3H3,(H,20,22). The Morgan fingerprint density at radius 3 is 2.33 bits per heavy atom. The SMILES string of the molecule is Cc1ccc(NC(=O)CN(C)C(=O)C(C)Oc2ccccc2)cc1. The number of ether oxygens (including phenoxy) is 1. The number of hydrogen-bond acceptors (Lipinski definition) is 3. The van der Waals surface area contributed by atoms with Gasteiger partial charge in [0.05, 0.1) is 6.54 Å². The molecule has 1 N–H and O–H groups in total. The Balaban J connectivity index is 1.86. The van der Waals surface area contributed by atoms with E-state index in [1.807, 2.05) is 49.4 Å². The van der Waals surface area contributed by atoms with Gasteiger partial charge in [-0.1, -0.05) is 35.9 Å². The van der Waals surface area contributed by atoms with Crippen molar-refractivity contribution in [2.75, 3.05) is 18.9 Å². The molecule has 2 aromatic carbocycles. The van der Waals surface area contributed by atoms with Crippen molar-refractivity contribution in [3.05, 3.63) is 60.2 Å². The highest BCUT2D eigenvalue weighted by Gasteiger charge is 2.21. The Labute approximate surface area is 142 Å². The summed E-state index contributed by atoms with van der Waals surface area (Å²) >= 11 is 0. The fourth-order valence-corrected chi connectivity index (χ4v) is 2.19. The molecule has 5 nitrogen and oxygen atoms in total. The molecule has 0 fully saturated rings. The number of para-hydroxylation sites is 1. The molecule has 0 radical (unpaired) electrons. The predicted octanol–water partition coefficient (Wildman–Crippen LogP) is 2.86. The predicted molar refractivity (Wildman–Crippen MR) is 94.0 cm³/mol. The van der Waals surface area contributed by atoms with Crippen LogP contribution in [0.5, 0.6) is 5.75 Å². The van der Waals surface area contributed by atoms with Crippen LogP contribution in [0, 0.1) is 6.92 Å². The van der Waals surface area contributed by atoms with Crippen LogP contribution in [0.15, 0.2) is 54.6 Å². The first-order valence-corrected chi connectivity index (χ1v) is 7.79. The molecule has 0 heterocycles. The molecule has 0 saturated carbocycles. The average Bonchev–Trinajstić information content (AvgIpc) is 2.57. The second-order valence-corrected chi connectivity index (χ2v) is 5.68. The van der Waals surface area contributed by atoms with Crippen molar-refractivity contribution < 1.29 is 14.3 Å². The first-order valence-electron chi connectivity index (χ1n) is 7.79. The number of aryl methyl sites for hydroxylation is 1. The molecular formula is C19H22N2O3. The summed E-state index contributed by atoms with van der Waals surface area (Å²) in [7, 11) is 1.59. The van der Waals surface area contributed by atoms with Crippen molar-refractivity contribution in [3.63, 3.8) is 0 Å². The van der Waals surface area contributed by atoms with E-state index in [4.69, 9.17) is 4.74 Å². The number of nitrogens with zero attached hydrogens (tertiary/aromatic N) is 1. The van der Waals surface area contributed by atoms with E-state index in [2.05, 4.69) is 5.32 Å².